The second-order valence-electron chi connectivity index (χ2n) is 4.75. The molecular formula is C13H17N3O2S. The summed E-state index contributed by atoms with van der Waals surface area (Å²) in [5, 5.41) is 0. The van der Waals surface area contributed by atoms with E-state index in [1.54, 1.807) is 7.11 Å². The number of pyridine rings is 1. The number of H-pyrrole nitrogens is 1. The summed E-state index contributed by atoms with van der Waals surface area (Å²) in [6, 6.07) is 3.77. The first-order valence-corrected chi connectivity index (χ1v) is 6.94. The summed E-state index contributed by atoms with van der Waals surface area (Å²) in [5.74, 6) is 0.597. The van der Waals surface area contributed by atoms with Crippen LogP contribution in [0.2, 0.25) is 0 Å². The fourth-order valence-corrected chi connectivity index (χ4v) is 2.72. The summed E-state index contributed by atoms with van der Waals surface area (Å²) >= 11 is 5.37. The van der Waals surface area contributed by atoms with Crippen LogP contribution in [0.1, 0.15) is 19.3 Å². The van der Waals surface area contributed by atoms with Gasteiger partial charge in [-0.05, 0) is 37.5 Å². The largest absolute Gasteiger partial charge is 0.481 e. The number of methoxy groups -OCH3 is 1. The smallest absolute Gasteiger partial charge is 0.215 e. The maximum absolute atomic E-state index is 5.77. The van der Waals surface area contributed by atoms with Gasteiger partial charge in [-0.2, -0.15) is 4.98 Å². The first-order valence-electron chi connectivity index (χ1n) is 6.53. The number of nitrogens with one attached hydrogen (secondary N) is 1. The predicted molar refractivity (Wildman–Crippen MR) is 75.1 cm³/mol. The number of imidazole rings is 1. The van der Waals surface area contributed by atoms with Gasteiger partial charge >= 0.3 is 0 Å². The van der Waals surface area contributed by atoms with Crippen molar-refractivity contribution in [3.8, 4) is 5.88 Å². The van der Waals surface area contributed by atoms with E-state index in [2.05, 4.69) is 9.97 Å². The number of ether oxygens (including phenoxy) is 2. The summed E-state index contributed by atoms with van der Waals surface area (Å²) in [6.07, 6.45) is 3.68. The number of hydrogen-bond acceptors (Lipinski definition) is 4. The molecule has 0 radical (unpaired) electrons. The standard InChI is InChI=1S/C13H17N3O2S/c1-17-11-6-5-10-12(15-11)16(13(19)14-10)8-9-4-2-3-7-18-9/h5-6,9H,2-4,7-8H2,1H3,(H,14,19). The molecule has 0 aliphatic carbocycles. The van der Waals surface area contributed by atoms with Crippen LogP contribution in [0.4, 0.5) is 0 Å². The second kappa shape index (κ2) is 5.30. The first kappa shape index (κ1) is 12.6. The molecule has 3 rings (SSSR count). The van der Waals surface area contributed by atoms with Crippen molar-refractivity contribution in [2.75, 3.05) is 13.7 Å². The van der Waals surface area contributed by atoms with Crippen LogP contribution in [0.5, 0.6) is 5.88 Å². The van der Waals surface area contributed by atoms with Crippen LogP contribution in [-0.2, 0) is 11.3 Å². The summed E-state index contributed by atoms with van der Waals surface area (Å²) in [4.78, 5) is 7.64. The van der Waals surface area contributed by atoms with E-state index in [0.29, 0.717) is 10.7 Å². The van der Waals surface area contributed by atoms with Crippen molar-refractivity contribution in [3.63, 3.8) is 0 Å². The lowest BCUT2D eigenvalue weighted by Gasteiger charge is -2.22. The molecular weight excluding hydrogens is 262 g/mol. The molecule has 2 aromatic rings. The van der Waals surface area contributed by atoms with Gasteiger partial charge in [0.15, 0.2) is 10.4 Å². The monoisotopic (exact) mass is 279 g/mol. The van der Waals surface area contributed by atoms with Gasteiger partial charge in [0.25, 0.3) is 0 Å². The zero-order valence-electron chi connectivity index (χ0n) is 10.9. The molecule has 1 N–H and O–H groups in total. The Hall–Kier alpha value is -1.40. The van der Waals surface area contributed by atoms with Crippen molar-refractivity contribution in [2.24, 2.45) is 0 Å². The summed E-state index contributed by atoms with van der Waals surface area (Å²) in [7, 11) is 1.62. The van der Waals surface area contributed by atoms with Crippen molar-refractivity contribution in [1.82, 2.24) is 14.5 Å². The molecule has 1 saturated heterocycles. The minimum Gasteiger partial charge on any atom is -0.481 e. The fourth-order valence-electron chi connectivity index (χ4n) is 2.45. The molecule has 1 atom stereocenters. The Balaban J connectivity index is 1.96. The number of aromatic nitrogens is 3. The number of hydrogen-bond donors (Lipinski definition) is 1. The molecule has 3 heterocycles. The lowest BCUT2D eigenvalue weighted by Crippen LogP contribution is -2.24. The maximum atomic E-state index is 5.77. The molecule has 0 spiro atoms. The number of aromatic amines is 1. The van der Waals surface area contributed by atoms with Crippen LogP contribution in [-0.4, -0.2) is 34.4 Å². The van der Waals surface area contributed by atoms with Crippen molar-refractivity contribution < 1.29 is 9.47 Å². The average Bonchev–Trinajstić information content (AvgIpc) is 2.76. The Morgan fingerprint density at radius 3 is 3.16 bits per heavy atom. The third kappa shape index (κ3) is 2.50. The molecule has 1 aliphatic rings. The van der Waals surface area contributed by atoms with E-state index < -0.39 is 0 Å². The highest BCUT2D eigenvalue weighted by atomic mass is 32.1. The van der Waals surface area contributed by atoms with E-state index in [-0.39, 0.29) is 6.10 Å². The predicted octanol–water partition coefficient (Wildman–Crippen LogP) is 2.67. The molecule has 0 bridgehead atoms. The third-order valence-electron chi connectivity index (χ3n) is 3.46. The Labute approximate surface area is 116 Å². The SMILES string of the molecule is COc1ccc2[nH]c(=S)n(CC3CCCCO3)c2n1. The van der Waals surface area contributed by atoms with Gasteiger partial charge in [0, 0.05) is 12.7 Å². The lowest BCUT2D eigenvalue weighted by atomic mass is 10.1. The van der Waals surface area contributed by atoms with Gasteiger partial charge < -0.3 is 14.5 Å². The quantitative estimate of drug-likeness (QED) is 0.878. The Morgan fingerprint density at radius 1 is 1.53 bits per heavy atom. The first-order chi connectivity index (χ1) is 9.28. The number of rotatable bonds is 3. The Kier molecular flexibility index (Phi) is 3.52. The van der Waals surface area contributed by atoms with Crippen LogP contribution in [0, 0.1) is 4.77 Å². The molecule has 102 valence electrons. The van der Waals surface area contributed by atoms with Gasteiger partial charge in [0.2, 0.25) is 5.88 Å². The van der Waals surface area contributed by atoms with Gasteiger partial charge in [-0.3, -0.25) is 4.57 Å². The highest BCUT2D eigenvalue weighted by molar-refractivity contribution is 7.71. The zero-order chi connectivity index (χ0) is 13.2. The van der Waals surface area contributed by atoms with E-state index >= 15 is 0 Å². The van der Waals surface area contributed by atoms with Gasteiger partial charge in [-0.1, -0.05) is 0 Å². The molecule has 1 unspecified atom stereocenters. The van der Waals surface area contributed by atoms with Gasteiger partial charge in [0.1, 0.15) is 0 Å². The van der Waals surface area contributed by atoms with Crippen LogP contribution in [0.3, 0.4) is 0 Å². The van der Waals surface area contributed by atoms with Gasteiger partial charge in [-0.25, -0.2) is 0 Å². The number of nitrogens with zero attached hydrogens (tertiary/aromatic N) is 2. The third-order valence-corrected chi connectivity index (χ3v) is 3.78. The molecule has 1 aliphatic heterocycles. The molecule has 5 nitrogen and oxygen atoms in total. The highest BCUT2D eigenvalue weighted by Crippen LogP contribution is 2.20. The maximum Gasteiger partial charge on any atom is 0.215 e. The summed E-state index contributed by atoms with van der Waals surface area (Å²) in [6.45, 7) is 1.59. The van der Waals surface area contributed by atoms with E-state index in [9.17, 15) is 0 Å². The molecule has 6 heteroatoms. The molecule has 19 heavy (non-hydrogen) atoms. The Morgan fingerprint density at radius 2 is 2.42 bits per heavy atom. The van der Waals surface area contributed by atoms with E-state index in [4.69, 9.17) is 21.7 Å². The van der Waals surface area contributed by atoms with Crippen LogP contribution >= 0.6 is 12.2 Å². The normalized spacial score (nSPS) is 19.7. The van der Waals surface area contributed by atoms with Crippen molar-refractivity contribution in [2.45, 2.75) is 31.9 Å². The van der Waals surface area contributed by atoms with Crippen molar-refractivity contribution in [1.29, 1.82) is 0 Å². The molecule has 0 amide bonds. The fraction of sp³-hybridized carbons (Fsp3) is 0.538. The summed E-state index contributed by atoms with van der Waals surface area (Å²) in [5.41, 5.74) is 1.76. The van der Waals surface area contributed by atoms with E-state index in [1.165, 1.54) is 6.42 Å². The minimum absolute atomic E-state index is 0.229. The highest BCUT2D eigenvalue weighted by Gasteiger charge is 2.17. The second-order valence-corrected chi connectivity index (χ2v) is 5.14. The van der Waals surface area contributed by atoms with Gasteiger partial charge in [-0.15, -0.1) is 0 Å². The van der Waals surface area contributed by atoms with Gasteiger partial charge in [0.05, 0.1) is 25.3 Å². The van der Waals surface area contributed by atoms with Crippen molar-refractivity contribution in [3.05, 3.63) is 16.9 Å². The van der Waals surface area contributed by atoms with Crippen molar-refractivity contribution >= 4 is 23.4 Å². The molecule has 0 aromatic carbocycles. The number of fused-ring (bicyclic) bond motifs is 1. The van der Waals surface area contributed by atoms with E-state index in [1.807, 2.05) is 16.7 Å². The lowest BCUT2D eigenvalue weighted by molar-refractivity contribution is 0.00632. The molecule has 1 fully saturated rings. The van der Waals surface area contributed by atoms with E-state index in [0.717, 1.165) is 37.2 Å². The topological polar surface area (TPSA) is 52.1 Å². The zero-order valence-corrected chi connectivity index (χ0v) is 11.7. The average molecular weight is 279 g/mol. The summed E-state index contributed by atoms with van der Waals surface area (Å²) < 4.78 is 13.6. The van der Waals surface area contributed by atoms with Crippen LogP contribution < -0.4 is 4.74 Å². The minimum atomic E-state index is 0.229. The molecule has 0 saturated carbocycles. The van der Waals surface area contributed by atoms with Crippen LogP contribution in [0.25, 0.3) is 11.2 Å². The Bertz CT molecular complexity index is 628. The van der Waals surface area contributed by atoms with Crippen LogP contribution in [0.15, 0.2) is 12.1 Å². The molecule has 2 aromatic heterocycles.